The quantitative estimate of drug-likeness (QED) is 0.700. The van der Waals surface area contributed by atoms with Gasteiger partial charge in [-0.15, -0.1) is 5.10 Å². The van der Waals surface area contributed by atoms with Gasteiger partial charge in [0.1, 0.15) is 5.52 Å². The first-order chi connectivity index (χ1) is 6.31. The SMILES string of the molecule is CCCn1nnc2cc(C)ccc21. The molecular formula is C10H13N3. The van der Waals surface area contributed by atoms with Gasteiger partial charge in [-0.1, -0.05) is 18.2 Å². The first-order valence-electron chi connectivity index (χ1n) is 4.61. The summed E-state index contributed by atoms with van der Waals surface area (Å²) in [5.41, 5.74) is 3.36. The first-order valence-corrected chi connectivity index (χ1v) is 4.61. The zero-order valence-electron chi connectivity index (χ0n) is 7.99. The zero-order chi connectivity index (χ0) is 9.26. The standard InChI is InChI=1S/C10H13N3/c1-3-6-13-10-5-4-8(2)7-9(10)11-12-13/h4-5,7H,3,6H2,1-2H3. The van der Waals surface area contributed by atoms with Crippen LogP contribution < -0.4 is 0 Å². The van der Waals surface area contributed by atoms with Crippen molar-refractivity contribution in [1.82, 2.24) is 15.0 Å². The molecule has 1 aromatic heterocycles. The van der Waals surface area contributed by atoms with Gasteiger partial charge >= 0.3 is 0 Å². The van der Waals surface area contributed by atoms with Gasteiger partial charge < -0.3 is 0 Å². The summed E-state index contributed by atoms with van der Waals surface area (Å²) in [6.45, 7) is 5.15. The number of fused-ring (bicyclic) bond motifs is 1. The molecule has 0 aliphatic rings. The van der Waals surface area contributed by atoms with E-state index in [1.807, 2.05) is 4.68 Å². The zero-order valence-corrected chi connectivity index (χ0v) is 7.99. The number of rotatable bonds is 2. The number of hydrogen-bond acceptors (Lipinski definition) is 2. The summed E-state index contributed by atoms with van der Waals surface area (Å²) in [5.74, 6) is 0. The lowest BCUT2D eigenvalue weighted by Crippen LogP contribution is -1.98. The molecule has 0 aliphatic carbocycles. The van der Waals surface area contributed by atoms with E-state index in [0.717, 1.165) is 24.0 Å². The molecule has 0 amide bonds. The summed E-state index contributed by atoms with van der Waals surface area (Å²) in [6.07, 6.45) is 1.09. The third-order valence-corrected chi connectivity index (χ3v) is 2.10. The van der Waals surface area contributed by atoms with Crippen LogP contribution in [0, 0.1) is 6.92 Å². The minimum atomic E-state index is 0.944. The molecule has 2 aromatic rings. The predicted molar refractivity (Wildman–Crippen MR) is 52.6 cm³/mol. The van der Waals surface area contributed by atoms with E-state index in [9.17, 15) is 0 Å². The van der Waals surface area contributed by atoms with Crippen LogP contribution in [-0.2, 0) is 6.54 Å². The van der Waals surface area contributed by atoms with E-state index in [2.05, 4.69) is 42.4 Å². The summed E-state index contributed by atoms with van der Waals surface area (Å²) < 4.78 is 1.95. The van der Waals surface area contributed by atoms with Crippen molar-refractivity contribution in [2.45, 2.75) is 26.8 Å². The fraction of sp³-hybridized carbons (Fsp3) is 0.400. The lowest BCUT2D eigenvalue weighted by Gasteiger charge is -1.98. The van der Waals surface area contributed by atoms with Crippen molar-refractivity contribution < 1.29 is 0 Å². The molecule has 2 rings (SSSR count). The molecule has 1 aromatic carbocycles. The Bertz CT molecular complexity index is 417. The third kappa shape index (κ3) is 1.41. The van der Waals surface area contributed by atoms with Crippen LogP contribution in [0.1, 0.15) is 18.9 Å². The Morgan fingerprint density at radius 1 is 1.38 bits per heavy atom. The normalized spacial score (nSPS) is 10.9. The summed E-state index contributed by atoms with van der Waals surface area (Å²) >= 11 is 0. The van der Waals surface area contributed by atoms with Gasteiger partial charge in [-0.2, -0.15) is 0 Å². The van der Waals surface area contributed by atoms with Crippen molar-refractivity contribution in [2.24, 2.45) is 0 Å². The Morgan fingerprint density at radius 2 is 2.23 bits per heavy atom. The van der Waals surface area contributed by atoms with Crippen LogP contribution in [0.15, 0.2) is 18.2 Å². The number of benzene rings is 1. The van der Waals surface area contributed by atoms with Crippen molar-refractivity contribution >= 4 is 11.0 Å². The maximum absolute atomic E-state index is 4.11. The van der Waals surface area contributed by atoms with E-state index >= 15 is 0 Å². The maximum Gasteiger partial charge on any atom is 0.113 e. The fourth-order valence-electron chi connectivity index (χ4n) is 1.46. The smallest absolute Gasteiger partial charge is 0.113 e. The van der Waals surface area contributed by atoms with Crippen LogP contribution in [0.25, 0.3) is 11.0 Å². The number of nitrogens with zero attached hydrogens (tertiary/aromatic N) is 3. The summed E-state index contributed by atoms with van der Waals surface area (Å²) in [7, 11) is 0. The van der Waals surface area contributed by atoms with E-state index in [-0.39, 0.29) is 0 Å². The summed E-state index contributed by atoms with van der Waals surface area (Å²) in [5, 5.41) is 8.20. The lowest BCUT2D eigenvalue weighted by molar-refractivity contribution is 0.596. The molecule has 0 fully saturated rings. The Balaban J connectivity index is 2.55. The van der Waals surface area contributed by atoms with Gasteiger partial charge in [0.15, 0.2) is 0 Å². The van der Waals surface area contributed by atoms with Gasteiger partial charge in [0.05, 0.1) is 5.52 Å². The number of aromatic nitrogens is 3. The summed E-state index contributed by atoms with van der Waals surface area (Å²) in [4.78, 5) is 0. The molecule has 0 N–H and O–H groups in total. The second-order valence-electron chi connectivity index (χ2n) is 3.30. The molecule has 0 bridgehead atoms. The van der Waals surface area contributed by atoms with E-state index < -0.39 is 0 Å². The first kappa shape index (κ1) is 8.23. The van der Waals surface area contributed by atoms with Gasteiger partial charge in [-0.05, 0) is 31.0 Å². The molecule has 68 valence electrons. The Labute approximate surface area is 77.4 Å². The highest BCUT2D eigenvalue weighted by Gasteiger charge is 2.02. The molecule has 0 spiro atoms. The highest BCUT2D eigenvalue weighted by atomic mass is 15.4. The number of aryl methyl sites for hydroxylation is 2. The molecule has 0 saturated carbocycles. The van der Waals surface area contributed by atoms with E-state index in [1.165, 1.54) is 5.56 Å². The molecule has 0 atom stereocenters. The van der Waals surface area contributed by atoms with Crippen molar-refractivity contribution in [3.05, 3.63) is 23.8 Å². The molecule has 3 nitrogen and oxygen atoms in total. The van der Waals surface area contributed by atoms with E-state index in [4.69, 9.17) is 0 Å². The highest BCUT2D eigenvalue weighted by molar-refractivity contribution is 5.74. The molecule has 0 aliphatic heterocycles. The molecule has 1 heterocycles. The monoisotopic (exact) mass is 175 g/mol. The molecular weight excluding hydrogens is 162 g/mol. The minimum Gasteiger partial charge on any atom is -0.245 e. The Morgan fingerprint density at radius 3 is 3.00 bits per heavy atom. The Hall–Kier alpha value is -1.38. The third-order valence-electron chi connectivity index (χ3n) is 2.10. The van der Waals surface area contributed by atoms with Crippen molar-refractivity contribution in [2.75, 3.05) is 0 Å². The van der Waals surface area contributed by atoms with Crippen LogP contribution in [0.2, 0.25) is 0 Å². The largest absolute Gasteiger partial charge is 0.245 e. The molecule has 0 radical (unpaired) electrons. The second-order valence-corrected chi connectivity index (χ2v) is 3.30. The summed E-state index contributed by atoms with van der Waals surface area (Å²) in [6, 6.07) is 6.24. The van der Waals surface area contributed by atoms with Gasteiger partial charge in [-0.3, -0.25) is 0 Å². The highest BCUT2D eigenvalue weighted by Crippen LogP contribution is 2.12. The van der Waals surface area contributed by atoms with Crippen LogP contribution in [-0.4, -0.2) is 15.0 Å². The number of hydrogen-bond donors (Lipinski definition) is 0. The van der Waals surface area contributed by atoms with Gasteiger partial charge in [0.25, 0.3) is 0 Å². The molecule has 13 heavy (non-hydrogen) atoms. The fourth-order valence-corrected chi connectivity index (χ4v) is 1.46. The van der Waals surface area contributed by atoms with E-state index in [0.29, 0.717) is 0 Å². The average molecular weight is 175 g/mol. The van der Waals surface area contributed by atoms with Crippen LogP contribution >= 0.6 is 0 Å². The minimum absolute atomic E-state index is 0.944. The molecule has 0 saturated heterocycles. The van der Waals surface area contributed by atoms with Crippen LogP contribution in [0.4, 0.5) is 0 Å². The van der Waals surface area contributed by atoms with Crippen molar-refractivity contribution in [1.29, 1.82) is 0 Å². The predicted octanol–water partition coefficient (Wildman–Crippen LogP) is 2.15. The Kier molecular flexibility index (Phi) is 2.00. The van der Waals surface area contributed by atoms with Crippen LogP contribution in [0.5, 0.6) is 0 Å². The lowest BCUT2D eigenvalue weighted by atomic mass is 10.2. The topological polar surface area (TPSA) is 30.7 Å². The van der Waals surface area contributed by atoms with Crippen LogP contribution in [0.3, 0.4) is 0 Å². The van der Waals surface area contributed by atoms with Gasteiger partial charge in [0, 0.05) is 6.54 Å². The van der Waals surface area contributed by atoms with E-state index in [1.54, 1.807) is 0 Å². The molecule has 0 unspecified atom stereocenters. The molecule has 3 heteroatoms. The van der Waals surface area contributed by atoms with Gasteiger partial charge in [0.2, 0.25) is 0 Å². The van der Waals surface area contributed by atoms with Crippen molar-refractivity contribution in [3.63, 3.8) is 0 Å². The van der Waals surface area contributed by atoms with Crippen molar-refractivity contribution in [3.8, 4) is 0 Å². The van der Waals surface area contributed by atoms with Gasteiger partial charge in [-0.25, -0.2) is 4.68 Å². The maximum atomic E-state index is 4.11. The second kappa shape index (κ2) is 3.17. The average Bonchev–Trinajstić information content (AvgIpc) is 2.49.